The first-order chi connectivity index (χ1) is 10.1. The van der Waals surface area contributed by atoms with Gasteiger partial charge in [0, 0.05) is 16.7 Å². The van der Waals surface area contributed by atoms with Crippen molar-refractivity contribution in [2.45, 2.75) is 20.4 Å². The fourth-order valence-electron chi connectivity index (χ4n) is 2.31. The maximum absolute atomic E-state index is 6.04. The molecule has 1 fully saturated rings. The molecule has 0 aliphatic carbocycles. The van der Waals surface area contributed by atoms with Crippen molar-refractivity contribution in [1.29, 1.82) is 0 Å². The summed E-state index contributed by atoms with van der Waals surface area (Å²) in [5.41, 5.74) is 2.50. The van der Waals surface area contributed by atoms with Crippen molar-refractivity contribution in [3.63, 3.8) is 0 Å². The molecule has 112 valence electrons. The highest BCUT2D eigenvalue weighted by molar-refractivity contribution is 14.1. The molecule has 4 nitrogen and oxygen atoms in total. The minimum atomic E-state index is 0.157. The molecule has 3 rings (SSSR count). The van der Waals surface area contributed by atoms with Crippen LogP contribution in [0.3, 0.4) is 0 Å². The predicted molar refractivity (Wildman–Crippen MR) is 89.6 cm³/mol. The number of aromatic nitrogens is 2. The Hall–Kier alpha value is -1.08. The normalized spacial score (nSPS) is 16.5. The fourth-order valence-corrected chi connectivity index (χ4v) is 2.71. The zero-order valence-electron chi connectivity index (χ0n) is 12.3. The second-order valence-electron chi connectivity index (χ2n) is 5.94. The van der Waals surface area contributed by atoms with Crippen LogP contribution in [0.25, 0.3) is 0 Å². The van der Waals surface area contributed by atoms with E-state index >= 15 is 0 Å². The number of halogens is 1. The zero-order chi connectivity index (χ0) is 14.9. The first-order valence-electron chi connectivity index (χ1n) is 7.04. The van der Waals surface area contributed by atoms with Gasteiger partial charge in [0.1, 0.15) is 5.75 Å². The van der Waals surface area contributed by atoms with Gasteiger partial charge in [0.05, 0.1) is 36.1 Å². The second-order valence-corrected chi connectivity index (χ2v) is 7.10. The Labute approximate surface area is 138 Å². The summed E-state index contributed by atoms with van der Waals surface area (Å²) in [6.07, 6.45) is 1.89. The summed E-state index contributed by atoms with van der Waals surface area (Å²) in [4.78, 5) is 0. The molecule has 1 aliphatic heterocycles. The molecule has 1 saturated heterocycles. The molecule has 0 radical (unpaired) electrons. The molecule has 1 aromatic heterocycles. The Balaban J connectivity index is 1.74. The zero-order valence-corrected chi connectivity index (χ0v) is 14.5. The Morgan fingerprint density at radius 1 is 1.38 bits per heavy atom. The van der Waals surface area contributed by atoms with Crippen molar-refractivity contribution < 1.29 is 9.47 Å². The molecule has 1 aliphatic rings. The van der Waals surface area contributed by atoms with Gasteiger partial charge in [-0.25, -0.2) is 0 Å². The van der Waals surface area contributed by atoms with Gasteiger partial charge in [-0.3, -0.25) is 4.68 Å². The molecule has 0 atom stereocenters. The summed E-state index contributed by atoms with van der Waals surface area (Å²) in [5.74, 6) is 0.940. The largest absolute Gasteiger partial charge is 0.492 e. The number of para-hydroxylation sites is 1. The quantitative estimate of drug-likeness (QED) is 0.726. The molecule has 2 aromatic rings. The summed E-state index contributed by atoms with van der Waals surface area (Å²) in [5, 5.41) is 4.42. The summed E-state index contributed by atoms with van der Waals surface area (Å²) < 4.78 is 14.5. The average Bonchev–Trinajstić information content (AvgIpc) is 2.76. The SMILES string of the molecule is Cc1c(I)cnn1Cc1ccccc1OCC1(C)COC1. The number of rotatable bonds is 5. The van der Waals surface area contributed by atoms with E-state index in [0.717, 1.165) is 31.1 Å². The van der Waals surface area contributed by atoms with Crippen molar-refractivity contribution in [3.8, 4) is 5.75 Å². The van der Waals surface area contributed by atoms with Crippen LogP contribution >= 0.6 is 22.6 Å². The van der Waals surface area contributed by atoms with Gasteiger partial charge in [-0.2, -0.15) is 5.10 Å². The minimum Gasteiger partial charge on any atom is -0.492 e. The van der Waals surface area contributed by atoms with Gasteiger partial charge in [0.2, 0.25) is 0 Å². The van der Waals surface area contributed by atoms with Gasteiger partial charge in [0.15, 0.2) is 0 Å². The molecule has 0 spiro atoms. The van der Waals surface area contributed by atoms with E-state index in [-0.39, 0.29) is 5.41 Å². The lowest BCUT2D eigenvalue weighted by atomic mass is 9.90. The third-order valence-corrected chi connectivity index (χ3v) is 4.87. The van der Waals surface area contributed by atoms with E-state index in [1.807, 2.05) is 29.1 Å². The van der Waals surface area contributed by atoms with Gasteiger partial charge in [-0.1, -0.05) is 25.1 Å². The van der Waals surface area contributed by atoms with Crippen molar-refractivity contribution in [1.82, 2.24) is 9.78 Å². The van der Waals surface area contributed by atoms with E-state index < -0.39 is 0 Å². The number of nitrogens with zero attached hydrogens (tertiary/aromatic N) is 2. The second kappa shape index (κ2) is 5.96. The van der Waals surface area contributed by atoms with Gasteiger partial charge < -0.3 is 9.47 Å². The lowest BCUT2D eigenvalue weighted by Crippen LogP contribution is -2.44. The first-order valence-corrected chi connectivity index (χ1v) is 8.12. The van der Waals surface area contributed by atoms with E-state index in [1.165, 1.54) is 9.26 Å². The minimum absolute atomic E-state index is 0.157. The van der Waals surface area contributed by atoms with Crippen molar-refractivity contribution >= 4 is 22.6 Å². The fraction of sp³-hybridized carbons (Fsp3) is 0.438. The third kappa shape index (κ3) is 3.23. The van der Waals surface area contributed by atoms with E-state index in [4.69, 9.17) is 9.47 Å². The van der Waals surface area contributed by atoms with Gasteiger partial charge in [-0.15, -0.1) is 0 Å². The Morgan fingerprint density at radius 2 is 2.14 bits per heavy atom. The Morgan fingerprint density at radius 3 is 2.76 bits per heavy atom. The highest BCUT2D eigenvalue weighted by atomic mass is 127. The monoisotopic (exact) mass is 398 g/mol. The summed E-state index contributed by atoms with van der Waals surface area (Å²) >= 11 is 2.31. The molecule has 0 amide bonds. The molecule has 1 aromatic carbocycles. The molecular weight excluding hydrogens is 379 g/mol. The van der Waals surface area contributed by atoms with Crippen LogP contribution in [0.4, 0.5) is 0 Å². The number of hydrogen-bond donors (Lipinski definition) is 0. The molecule has 0 saturated carbocycles. The third-order valence-electron chi connectivity index (χ3n) is 3.81. The maximum atomic E-state index is 6.04. The highest BCUT2D eigenvalue weighted by Gasteiger charge is 2.34. The Kier molecular flexibility index (Phi) is 4.21. The predicted octanol–water partition coefficient (Wildman–Crippen LogP) is 3.26. The van der Waals surface area contributed by atoms with Crippen LogP contribution in [0.15, 0.2) is 30.5 Å². The van der Waals surface area contributed by atoms with Gasteiger partial charge in [-0.05, 0) is 35.6 Å². The highest BCUT2D eigenvalue weighted by Crippen LogP contribution is 2.29. The van der Waals surface area contributed by atoms with E-state index in [2.05, 4.69) is 47.6 Å². The van der Waals surface area contributed by atoms with Crippen LogP contribution < -0.4 is 4.74 Å². The van der Waals surface area contributed by atoms with Crippen molar-refractivity contribution in [2.75, 3.05) is 19.8 Å². The lowest BCUT2D eigenvalue weighted by Gasteiger charge is -2.37. The molecular formula is C16H19IN2O2. The lowest BCUT2D eigenvalue weighted by molar-refractivity contribution is -0.120. The van der Waals surface area contributed by atoms with Crippen LogP contribution in [0.5, 0.6) is 5.75 Å². The van der Waals surface area contributed by atoms with Crippen molar-refractivity contribution in [3.05, 3.63) is 45.3 Å². The standard InChI is InChI=1S/C16H19IN2O2/c1-12-14(17)7-18-19(12)8-13-5-3-4-6-15(13)21-11-16(2)9-20-10-16/h3-7H,8-11H2,1-2H3. The van der Waals surface area contributed by atoms with E-state index in [0.29, 0.717) is 6.61 Å². The van der Waals surface area contributed by atoms with Gasteiger partial charge in [0.25, 0.3) is 0 Å². The van der Waals surface area contributed by atoms with Gasteiger partial charge >= 0.3 is 0 Å². The van der Waals surface area contributed by atoms with Crippen molar-refractivity contribution in [2.24, 2.45) is 5.41 Å². The molecule has 21 heavy (non-hydrogen) atoms. The number of hydrogen-bond acceptors (Lipinski definition) is 3. The van der Waals surface area contributed by atoms with Crippen LogP contribution in [0.2, 0.25) is 0 Å². The summed E-state index contributed by atoms with van der Waals surface area (Å²) in [6.45, 7) is 7.28. The molecule has 2 heterocycles. The van der Waals surface area contributed by atoms with E-state index in [1.54, 1.807) is 0 Å². The van der Waals surface area contributed by atoms with E-state index in [9.17, 15) is 0 Å². The van der Waals surface area contributed by atoms with Crippen LogP contribution in [-0.2, 0) is 11.3 Å². The number of benzene rings is 1. The average molecular weight is 398 g/mol. The molecule has 0 N–H and O–H groups in total. The maximum Gasteiger partial charge on any atom is 0.124 e. The van der Waals surface area contributed by atoms with Crippen LogP contribution in [-0.4, -0.2) is 29.6 Å². The summed E-state index contributed by atoms with van der Waals surface area (Å²) in [7, 11) is 0. The molecule has 0 bridgehead atoms. The van der Waals surface area contributed by atoms with Crippen LogP contribution in [0.1, 0.15) is 18.2 Å². The Bertz CT molecular complexity index is 635. The molecule has 0 unspecified atom stereocenters. The molecule has 5 heteroatoms. The first kappa shape index (κ1) is 14.8. The topological polar surface area (TPSA) is 36.3 Å². The number of ether oxygens (including phenoxy) is 2. The van der Waals surface area contributed by atoms with Crippen LogP contribution in [0, 0.1) is 15.9 Å². The summed E-state index contributed by atoms with van der Waals surface area (Å²) in [6, 6.07) is 8.18. The smallest absolute Gasteiger partial charge is 0.124 e.